The molecule has 0 heterocycles. The average Bonchev–Trinajstić information content (AvgIpc) is 2.54. The Labute approximate surface area is 156 Å². The molecule has 0 atom stereocenters. The van der Waals surface area contributed by atoms with Gasteiger partial charge in [-0.05, 0) is 42.5 Å². The molecule has 6 nitrogen and oxygen atoms in total. The lowest BCUT2D eigenvalue weighted by atomic mass is 10.3. The van der Waals surface area contributed by atoms with Gasteiger partial charge >= 0.3 is 0 Å². The van der Waals surface area contributed by atoms with Gasteiger partial charge in [0, 0.05) is 15.7 Å². The normalized spacial score (nSPS) is 11.0. The molecule has 1 amide bonds. The Morgan fingerprint density at radius 3 is 2.28 bits per heavy atom. The third kappa shape index (κ3) is 5.26. The fraction of sp³-hybridized carbons (Fsp3) is 0.188. The number of nitrogens with zero attached hydrogens (tertiary/aromatic N) is 1. The Hall–Kier alpha value is -1.96. The zero-order valence-corrected chi connectivity index (χ0v) is 15.8. The van der Waals surface area contributed by atoms with Gasteiger partial charge in [-0.2, -0.15) is 0 Å². The van der Waals surface area contributed by atoms with E-state index < -0.39 is 22.5 Å². The summed E-state index contributed by atoms with van der Waals surface area (Å²) in [5.74, 6) is -0.233. The van der Waals surface area contributed by atoms with E-state index >= 15 is 0 Å². The third-order valence-electron chi connectivity index (χ3n) is 3.23. The number of sulfonamides is 1. The van der Waals surface area contributed by atoms with Gasteiger partial charge in [0.1, 0.15) is 12.3 Å². The van der Waals surface area contributed by atoms with Crippen molar-refractivity contribution in [2.45, 2.75) is 0 Å². The summed E-state index contributed by atoms with van der Waals surface area (Å²) in [5.41, 5.74) is 0.685. The van der Waals surface area contributed by atoms with E-state index in [1.807, 2.05) is 0 Å². The lowest BCUT2D eigenvalue weighted by molar-refractivity contribution is -0.114. The highest BCUT2D eigenvalue weighted by Gasteiger charge is 2.24. The molecule has 0 aliphatic heterocycles. The second-order valence-electron chi connectivity index (χ2n) is 5.14. The van der Waals surface area contributed by atoms with E-state index in [0.29, 0.717) is 15.7 Å². The van der Waals surface area contributed by atoms with Crippen LogP contribution in [0.5, 0.6) is 5.75 Å². The van der Waals surface area contributed by atoms with Gasteiger partial charge in [0.25, 0.3) is 0 Å². The summed E-state index contributed by atoms with van der Waals surface area (Å²) in [4.78, 5) is 12.3. The fourth-order valence-electron chi connectivity index (χ4n) is 2.10. The quantitative estimate of drug-likeness (QED) is 0.802. The van der Waals surface area contributed by atoms with E-state index in [1.165, 1.54) is 19.2 Å². The van der Waals surface area contributed by atoms with Crippen molar-refractivity contribution in [2.75, 3.05) is 29.5 Å². The van der Waals surface area contributed by atoms with Crippen LogP contribution >= 0.6 is 23.2 Å². The van der Waals surface area contributed by atoms with Crippen LogP contribution in [-0.4, -0.2) is 34.2 Å². The molecule has 0 aliphatic carbocycles. The Bertz CT molecular complexity index is 870. The molecule has 25 heavy (non-hydrogen) atoms. The molecule has 0 aliphatic rings. The monoisotopic (exact) mass is 402 g/mol. The summed E-state index contributed by atoms with van der Waals surface area (Å²) in [5, 5.41) is 3.47. The summed E-state index contributed by atoms with van der Waals surface area (Å²) in [6.45, 7) is -0.432. The summed E-state index contributed by atoms with van der Waals surface area (Å²) < 4.78 is 30.5. The van der Waals surface area contributed by atoms with Crippen molar-refractivity contribution in [1.29, 1.82) is 0 Å². The SMILES string of the molecule is COc1ccc(Cl)cc1N(CC(=O)Nc1ccc(Cl)cc1)S(C)(=O)=O. The molecule has 0 saturated heterocycles. The van der Waals surface area contributed by atoms with Gasteiger partial charge in [-0.3, -0.25) is 9.10 Å². The summed E-state index contributed by atoms with van der Waals surface area (Å²) in [6, 6.07) is 11.0. The Balaban J connectivity index is 2.29. The number of amides is 1. The van der Waals surface area contributed by atoms with Gasteiger partial charge in [0.15, 0.2) is 0 Å². The molecule has 0 saturated carbocycles. The van der Waals surface area contributed by atoms with Gasteiger partial charge in [-0.25, -0.2) is 8.42 Å². The largest absolute Gasteiger partial charge is 0.495 e. The van der Waals surface area contributed by atoms with Crippen molar-refractivity contribution in [1.82, 2.24) is 0 Å². The molecule has 0 spiro atoms. The summed E-state index contributed by atoms with van der Waals surface area (Å²) in [7, 11) is -2.34. The van der Waals surface area contributed by atoms with Crippen LogP contribution in [0.1, 0.15) is 0 Å². The van der Waals surface area contributed by atoms with E-state index in [1.54, 1.807) is 30.3 Å². The van der Waals surface area contributed by atoms with Crippen molar-refractivity contribution in [3.05, 3.63) is 52.5 Å². The number of hydrogen-bond donors (Lipinski definition) is 1. The molecule has 0 aromatic heterocycles. The van der Waals surface area contributed by atoms with Crippen LogP contribution in [0.25, 0.3) is 0 Å². The third-order valence-corrected chi connectivity index (χ3v) is 4.84. The minimum Gasteiger partial charge on any atom is -0.495 e. The molecule has 0 radical (unpaired) electrons. The van der Waals surface area contributed by atoms with E-state index in [2.05, 4.69) is 5.32 Å². The zero-order valence-electron chi connectivity index (χ0n) is 13.5. The Kier molecular flexibility index (Phi) is 6.16. The van der Waals surface area contributed by atoms with Crippen molar-refractivity contribution in [3.63, 3.8) is 0 Å². The highest BCUT2D eigenvalue weighted by molar-refractivity contribution is 7.92. The van der Waals surface area contributed by atoms with Crippen LogP contribution in [0.4, 0.5) is 11.4 Å². The lowest BCUT2D eigenvalue weighted by Crippen LogP contribution is -2.37. The van der Waals surface area contributed by atoms with Crippen LogP contribution in [0, 0.1) is 0 Å². The van der Waals surface area contributed by atoms with E-state index in [0.717, 1.165) is 10.6 Å². The number of methoxy groups -OCH3 is 1. The molecule has 0 unspecified atom stereocenters. The van der Waals surface area contributed by atoms with Crippen molar-refractivity contribution < 1.29 is 17.9 Å². The first kappa shape index (κ1) is 19.4. The van der Waals surface area contributed by atoms with Crippen LogP contribution in [0.3, 0.4) is 0 Å². The molecule has 9 heteroatoms. The first-order valence-electron chi connectivity index (χ1n) is 7.07. The molecule has 2 aromatic carbocycles. The fourth-order valence-corrected chi connectivity index (χ4v) is 3.25. The molecular weight excluding hydrogens is 387 g/mol. The zero-order chi connectivity index (χ0) is 18.6. The number of halogens is 2. The summed E-state index contributed by atoms with van der Waals surface area (Å²) >= 11 is 11.8. The van der Waals surface area contributed by atoms with Gasteiger partial charge < -0.3 is 10.1 Å². The van der Waals surface area contributed by atoms with E-state index in [9.17, 15) is 13.2 Å². The predicted octanol–water partition coefficient (Wildman–Crippen LogP) is 3.41. The second-order valence-corrected chi connectivity index (χ2v) is 7.92. The molecule has 2 aromatic rings. The number of ether oxygens (including phenoxy) is 1. The molecule has 134 valence electrons. The number of nitrogens with one attached hydrogen (secondary N) is 1. The molecule has 2 rings (SSSR count). The number of anilines is 2. The van der Waals surface area contributed by atoms with Gasteiger partial charge in [-0.1, -0.05) is 23.2 Å². The lowest BCUT2D eigenvalue weighted by Gasteiger charge is -2.24. The predicted molar refractivity (Wildman–Crippen MR) is 100 cm³/mol. The molecular formula is C16H16Cl2N2O4S. The molecule has 1 N–H and O–H groups in total. The molecule has 0 fully saturated rings. The Morgan fingerprint density at radius 2 is 1.72 bits per heavy atom. The highest BCUT2D eigenvalue weighted by atomic mass is 35.5. The summed E-state index contributed by atoms with van der Waals surface area (Å²) in [6.07, 6.45) is 1.00. The van der Waals surface area contributed by atoms with Gasteiger partial charge in [0.2, 0.25) is 15.9 Å². The van der Waals surface area contributed by atoms with Crippen molar-refractivity contribution in [2.24, 2.45) is 0 Å². The van der Waals surface area contributed by atoms with Crippen LogP contribution in [-0.2, 0) is 14.8 Å². The number of hydrogen-bond acceptors (Lipinski definition) is 4. The van der Waals surface area contributed by atoms with Crippen LogP contribution in [0.2, 0.25) is 10.0 Å². The number of rotatable bonds is 6. The Morgan fingerprint density at radius 1 is 1.12 bits per heavy atom. The second kappa shape index (κ2) is 7.95. The standard InChI is InChI=1S/C16H16Cl2N2O4S/c1-24-15-8-5-12(18)9-14(15)20(25(2,22)23)10-16(21)19-13-6-3-11(17)4-7-13/h3-9H,10H2,1-2H3,(H,19,21). The maximum absolute atomic E-state index is 12.3. The number of carbonyl (C=O) groups excluding carboxylic acids is 1. The van der Waals surface area contributed by atoms with Crippen LogP contribution < -0.4 is 14.4 Å². The maximum Gasteiger partial charge on any atom is 0.245 e. The van der Waals surface area contributed by atoms with E-state index in [4.69, 9.17) is 27.9 Å². The van der Waals surface area contributed by atoms with Gasteiger partial charge in [0.05, 0.1) is 19.1 Å². The maximum atomic E-state index is 12.3. The van der Waals surface area contributed by atoms with Crippen LogP contribution in [0.15, 0.2) is 42.5 Å². The smallest absolute Gasteiger partial charge is 0.245 e. The molecule has 0 bridgehead atoms. The first-order chi connectivity index (χ1) is 11.7. The number of benzene rings is 2. The van der Waals surface area contributed by atoms with Crippen molar-refractivity contribution in [3.8, 4) is 5.75 Å². The minimum absolute atomic E-state index is 0.184. The minimum atomic E-state index is -3.75. The first-order valence-corrected chi connectivity index (χ1v) is 9.68. The average molecular weight is 403 g/mol. The topological polar surface area (TPSA) is 75.7 Å². The van der Waals surface area contributed by atoms with Crippen molar-refractivity contribution >= 4 is 50.5 Å². The highest BCUT2D eigenvalue weighted by Crippen LogP contribution is 2.32. The van der Waals surface area contributed by atoms with Gasteiger partial charge in [-0.15, -0.1) is 0 Å². The number of carbonyl (C=O) groups is 1. The van der Waals surface area contributed by atoms with E-state index in [-0.39, 0.29) is 11.4 Å².